The molecule has 5 atom stereocenters. The molecular weight excluding hydrogens is 508 g/mol. The Bertz CT molecular complexity index is 1300. The summed E-state index contributed by atoms with van der Waals surface area (Å²) in [6.45, 7) is 15.4. The average molecular weight is 551 g/mol. The van der Waals surface area contributed by atoms with Gasteiger partial charge in [0.15, 0.2) is 22.8 Å². The van der Waals surface area contributed by atoms with Gasteiger partial charge in [0.2, 0.25) is 0 Å². The summed E-state index contributed by atoms with van der Waals surface area (Å²) in [5, 5.41) is 32.4. The molecule has 40 heavy (non-hydrogen) atoms. The molecule has 3 N–H and O–H groups in total. The molecule has 7 heteroatoms. The molecule has 4 rings (SSSR count). The number of carbonyl (C=O) groups excluding carboxylic acids is 3. The Balaban J connectivity index is 2.08. The summed E-state index contributed by atoms with van der Waals surface area (Å²) in [6.07, 6.45) is 1.65. The summed E-state index contributed by atoms with van der Waals surface area (Å²) in [7, 11) is 0. The topological polar surface area (TPSA) is 121 Å². The number of ether oxygens (including phenoxy) is 1. The van der Waals surface area contributed by atoms with Crippen molar-refractivity contribution in [2.45, 2.75) is 91.1 Å². The van der Waals surface area contributed by atoms with E-state index in [9.17, 15) is 29.7 Å². The van der Waals surface area contributed by atoms with Gasteiger partial charge >= 0.3 is 0 Å². The van der Waals surface area contributed by atoms with Gasteiger partial charge in [-0.05, 0) is 52.4 Å². The van der Waals surface area contributed by atoms with Crippen LogP contribution >= 0.6 is 0 Å². The molecule has 1 saturated carbocycles. The van der Waals surface area contributed by atoms with Crippen molar-refractivity contribution in [1.29, 1.82) is 0 Å². The number of aliphatic hydroxyl groups excluding tert-OH is 1. The Morgan fingerprint density at radius 2 is 1.73 bits per heavy atom. The lowest BCUT2D eigenvalue weighted by molar-refractivity contribution is -0.161. The fourth-order valence-corrected chi connectivity index (χ4v) is 6.73. The summed E-state index contributed by atoms with van der Waals surface area (Å²) < 4.78 is 6.30. The lowest BCUT2D eigenvalue weighted by atomic mass is 9.39. The molecule has 216 valence electrons. The van der Waals surface area contributed by atoms with E-state index in [1.807, 2.05) is 0 Å². The first kappa shape index (κ1) is 30.1. The molecule has 1 unspecified atom stereocenters. The van der Waals surface area contributed by atoms with Crippen molar-refractivity contribution >= 4 is 17.3 Å². The molecule has 2 fully saturated rings. The molecule has 2 bridgehead atoms. The van der Waals surface area contributed by atoms with Crippen LogP contribution in [0.1, 0.15) is 78.1 Å². The SMILES string of the molecule is C=C(C)C(O)CC1=C2O[C@@H](C(C)(C)O)C[C@]23C[C@@H](/C=C/C(C)(C)O)C(C)(C)[C@@](C(=O)c2ccccc2)(C1=O)C3=O. The number of rotatable bonds is 8. The van der Waals surface area contributed by atoms with Crippen molar-refractivity contribution in [2.75, 3.05) is 0 Å². The third kappa shape index (κ3) is 4.43. The van der Waals surface area contributed by atoms with Gasteiger partial charge in [0.1, 0.15) is 11.9 Å². The first-order chi connectivity index (χ1) is 18.3. The Morgan fingerprint density at radius 1 is 1.12 bits per heavy atom. The van der Waals surface area contributed by atoms with Crippen molar-refractivity contribution in [3.63, 3.8) is 0 Å². The van der Waals surface area contributed by atoms with Crippen molar-refractivity contribution < 1.29 is 34.4 Å². The van der Waals surface area contributed by atoms with Gasteiger partial charge in [-0.25, -0.2) is 0 Å². The van der Waals surface area contributed by atoms with Gasteiger partial charge in [-0.2, -0.15) is 0 Å². The molecule has 0 radical (unpaired) electrons. The highest BCUT2D eigenvalue weighted by Crippen LogP contribution is 2.68. The fraction of sp³-hybridized carbons (Fsp3) is 0.545. The summed E-state index contributed by atoms with van der Waals surface area (Å²) in [6, 6.07) is 8.34. The van der Waals surface area contributed by atoms with Crippen LogP contribution < -0.4 is 0 Å². The maximum atomic E-state index is 15.0. The second-order valence-corrected chi connectivity index (χ2v) is 13.6. The van der Waals surface area contributed by atoms with Gasteiger partial charge in [-0.15, -0.1) is 0 Å². The zero-order valence-corrected chi connectivity index (χ0v) is 24.6. The standard InChI is InChI=1S/C33H42O7/c1-19(2)23(34)16-22-26(36)33(25(35)20-12-10-9-11-13-20)28(37)32(18-24(31(7,8)39)40-27(22)32)17-21(30(33,5)6)14-15-29(3,4)38/h9-15,21,23-24,34,38-39H,1,16-18H2,2-8H3/b15-14+/t21-,23?,24-,32-,33+/m1/s1. The quantitative estimate of drug-likeness (QED) is 0.247. The number of ketones is 3. The predicted molar refractivity (Wildman–Crippen MR) is 151 cm³/mol. The third-order valence-electron chi connectivity index (χ3n) is 9.22. The van der Waals surface area contributed by atoms with Crippen LogP contribution in [0.2, 0.25) is 0 Å². The molecule has 2 aliphatic carbocycles. The number of allylic oxidation sites excluding steroid dienone is 2. The van der Waals surface area contributed by atoms with E-state index in [4.69, 9.17) is 4.74 Å². The van der Waals surface area contributed by atoms with Crippen molar-refractivity contribution in [1.82, 2.24) is 0 Å². The molecule has 7 nitrogen and oxygen atoms in total. The number of fused-ring (bicyclic) bond motifs is 1. The zero-order chi connectivity index (χ0) is 30.1. The van der Waals surface area contributed by atoms with Gasteiger partial charge in [0.25, 0.3) is 0 Å². The maximum absolute atomic E-state index is 15.0. The largest absolute Gasteiger partial charge is 0.490 e. The Labute approximate surface area is 236 Å². The van der Waals surface area contributed by atoms with Crippen LogP contribution in [-0.2, 0) is 14.3 Å². The van der Waals surface area contributed by atoms with Gasteiger partial charge in [0, 0.05) is 24.0 Å². The summed E-state index contributed by atoms with van der Waals surface area (Å²) in [5.41, 5.74) is -6.45. The number of hydrogen-bond donors (Lipinski definition) is 3. The summed E-state index contributed by atoms with van der Waals surface area (Å²) in [4.78, 5) is 44.4. The summed E-state index contributed by atoms with van der Waals surface area (Å²) in [5.74, 6) is -2.14. The summed E-state index contributed by atoms with van der Waals surface area (Å²) >= 11 is 0. The van der Waals surface area contributed by atoms with Gasteiger partial charge in [0.05, 0.1) is 22.7 Å². The van der Waals surface area contributed by atoms with Crippen molar-refractivity contribution in [3.8, 4) is 0 Å². The van der Waals surface area contributed by atoms with E-state index in [1.165, 1.54) is 0 Å². The fourth-order valence-electron chi connectivity index (χ4n) is 6.73. The number of carbonyl (C=O) groups is 3. The Hall–Kier alpha value is -2.87. The molecule has 1 saturated heterocycles. The minimum Gasteiger partial charge on any atom is -0.490 e. The highest BCUT2D eigenvalue weighted by Gasteiger charge is 2.77. The van der Waals surface area contributed by atoms with Crippen LogP contribution in [0.4, 0.5) is 0 Å². The molecule has 1 aromatic carbocycles. The lowest BCUT2D eigenvalue weighted by Crippen LogP contribution is -2.69. The predicted octanol–water partition coefficient (Wildman–Crippen LogP) is 4.51. The van der Waals surface area contributed by atoms with E-state index in [0.717, 1.165) is 0 Å². The van der Waals surface area contributed by atoms with Crippen LogP contribution in [0.15, 0.2) is 66.0 Å². The number of Topliss-reactive ketones (excluding diaryl/α,β-unsaturated/α-hetero) is 3. The van der Waals surface area contributed by atoms with E-state index >= 15 is 0 Å². The second kappa shape index (κ2) is 9.61. The lowest BCUT2D eigenvalue weighted by Gasteiger charge is -2.58. The molecule has 1 spiro atoms. The number of aliphatic hydroxyl groups is 3. The smallest absolute Gasteiger partial charge is 0.184 e. The molecule has 0 aromatic heterocycles. The first-order valence-electron chi connectivity index (χ1n) is 13.9. The maximum Gasteiger partial charge on any atom is 0.184 e. The van der Waals surface area contributed by atoms with E-state index in [0.29, 0.717) is 5.57 Å². The molecule has 1 aromatic rings. The van der Waals surface area contributed by atoms with Crippen molar-refractivity contribution in [2.24, 2.45) is 22.2 Å². The first-order valence-corrected chi connectivity index (χ1v) is 13.9. The second-order valence-electron chi connectivity index (χ2n) is 13.6. The van der Waals surface area contributed by atoms with E-state index in [2.05, 4.69) is 6.58 Å². The molecule has 1 heterocycles. The Kier molecular flexibility index (Phi) is 7.23. The van der Waals surface area contributed by atoms with Gasteiger partial charge in [-0.1, -0.05) is 68.5 Å². The number of benzene rings is 1. The molecule has 0 amide bonds. The molecule has 1 aliphatic heterocycles. The van der Waals surface area contributed by atoms with Crippen molar-refractivity contribution in [3.05, 3.63) is 71.5 Å². The van der Waals surface area contributed by atoms with Crippen LogP contribution in [0.3, 0.4) is 0 Å². The monoisotopic (exact) mass is 550 g/mol. The highest BCUT2D eigenvalue weighted by atomic mass is 16.5. The Morgan fingerprint density at radius 3 is 2.25 bits per heavy atom. The van der Waals surface area contributed by atoms with Crippen LogP contribution in [0, 0.1) is 22.2 Å². The van der Waals surface area contributed by atoms with Gasteiger partial charge < -0.3 is 20.1 Å². The minimum atomic E-state index is -2.12. The van der Waals surface area contributed by atoms with Crippen LogP contribution in [0.25, 0.3) is 0 Å². The molecular formula is C33H42O7. The highest BCUT2D eigenvalue weighted by molar-refractivity contribution is 6.36. The van der Waals surface area contributed by atoms with E-state index in [-0.39, 0.29) is 36.2 Å². The number of hydrogen-bond acceptors (Lipinski definition) is 7. The average Bonchev–Trinajstić information content (AvgIpc) is 3.24. The van der Waals surface area contributed by atoms with E-state index in [1.54, 1.807) is 91.0 Å². The minimum absolute atomic E-state index is 0.0807. The normalized spacial score (nSPS) is 30.8. The third-order valence-corrected chi connectivity index (χ3v) is 9.22. The van der Waals surface area contributed by atoms with Gasteiger partial charge in [-0.3, -0.25) is 14.4 Å². The molecule has 3 aliphatic rings. The zero-order valence-electron chi connectivity index (χ0n) is 24.6. The van der Waals surface area contributed by atoms with E-state index < -0.39 is 62.9 Å². The van der Waals surface area contributed by atoms with Crippen LogP contribution in [0.5, 0.6) is 0 Å². The van der Waals surface area contributed by atoms with Crippen LogP contribution in [-0.4, -0.2) is 56.1 Å².